The zero-order valence-corrected chi connectivity index (χ0v) is 10.9. The second-order valence-electron chi connectivity index (χ2n) is 3.69. The van der Waals surface area contributed by atoms with Crippen LogP contribution in [0.4, 0.5) is 0 Å². The van der Waals surface area contributed by atoms with Crippen LogP contribution in [-0.4, -0.2) is 12.6 Å². The predicted molar refractivity (Wildman–Crippen MR) is 68.0 cm³/mol. The zero-order chi connectivity index (χ0) is 13.4. The van der Waals surface area contributed by atoms with Crippen molar-refractivity contribution in [3.05, 3.63) is 41.7 Å². The molecule has 0 N–H and O–H groups in total. The number of ether oxygens (including phenoxy) is 1. The summed E-state index contributed by atoms with van der Waals surface area (Å²) < 4.78 is 4.92. The first-order valence-corrected chi connectivity index (χ1v) is 5.87. The van der Waals surface area contributed by atoms with Gasteiger partial charge in [0.2, 0.25) is 0 Å². The lowest BCUT2D eigenvalue weighted by Crippen LogP contribution is -2.09. The van der Waals surface area contributed by atoms with Crippen molar-refractivity contribution in [2.75, 3.05) is 6.61 Å². The number of hydrogen-bond acceptors (Lipinski definition) is 4. The van der Waals surface area contributed by atoms with Gasteiger partial charge < -0.3 is 4.74 Å². The van der Waals surface area contributed by atoms with E-state index < -0.39 is 0 Å². The Morgan fingerprint density at radius 2 is 2.17 bits per heavy atom. The third kappa shape index (κ3) is 4.13. The third-order valence-corrected chi connectivity index (χ3v) is 2.26. The van der Waals surface area contributed by atoms with Gasteiger partial charge in [-0.05, 0) is 32.4 Å². The molecule has 0 atom stereocenters. The SMILES string of the molecule is C/C=C\OOc1c(C)cccc1CC(=O)OCC. The fourth-order valence-corrected chi connectivity index (χ4v) is 1.47. The van der Waals surface area contributed by atoms with Crippen molar-refractivity contribution in [1.82, 2.24) is 0 Å². The van der Waals surface area contributed by atoms with Gasteiger partial charge in [0, 0.05) is 5.56 Å². The second-order valence-corrected chi connectivity index (χ2v) is 3.69. The molecule has 0 fully saturated rings. The van der Waals surface area contributed by atoms with Gasteiger partial charge in [-0.2, -0.15) is 0 Å². The number of para-hydroxylation sites is 1. The number of carbonyl (C=O) groups excluding carboxylic acids is 1. The molecule has 0 aliphatic carbocycles. The van der Waals surface area contributed by atoms with Gasteiger partial charge in [-0.1, -0.05) is 18.2 Å². The summed E-state index contributed by atoms with van der Waals surface area (Å²) in [4.78, 5) is 21.6. The minimum Gasteiger partial charge on any atom is -0.466 e. The van der Waals surface area contributed by atoms with Gasteiger partial charge in [-0.15, -0.1) is 0 Å². The first-order valence-electron chi connectivity index (χ1n) is 5.87. The average molecular weight is 250 g/mol. The van der Waals surface area contributed by atoms with E-state index in [0.717, 1.165) is 11.1 Å². The van der Waals surface area contributed by atoms with Crippen molar-refractivity contribution in [2.45, 2.75) is 27.2 Å². The molecule has 98 valence electrons. The van der Waals surface area contributed by atoms with Gasteiger partial charge in [0.05, 0.1) is 13.0 Å². The third-order valence-electron chi connectivity index (χ3n) is 2.26. The molecule has 4 heteroatoms. The van der Waals surface area contributed by atoms with Crippen LogP contribution in [-0.2, 0) is 20.8 Å². The summed E-state index contributed by atoms with van der Waals surface area (Å²) in [5.41, 5.74) is 1.65. The molecule has 0 amide bonds. The normalized spacial score (nSPS) is 10.4. The summed E-state index contributed by atoms with van der Waals surface area (Å²) in [6, 6.07) is 5.58. The molecule has 0 unspecified atom stereocenters. The van der Waals surface area contributed by atoms with Crippen molar-refractivity contribution in [1.29, 1.82) is 0 Å². The Kier molecular flexibility index (Phi) is 5.77. The van der Waals surface area contributed by atoms with Crippen LogP contribution in [0.15, 0.2) is 30.5 Å². The number of carbonyl (C=O) groups is 1. The van der Waals surface area contributed by atoms with Crippen LogP contribution in [0.3, 0.4) is 0 Å². The number of allylic oxidation sites excluding steroid dienone is 1. The van der Waals surface area contributed by atoms with Gasteiger partial charge in [0.15, 0.2) is 5.75 Å². The first kappa shape index (κ1) is 14.1. The Morgan fingerprint density at radius 1 is 1.39 bits per heavy atom. The molecule has 0 aliphatic rings. The topological polar surface area (TPSA) is 44.8 Å². The molecule has 0 aromatic heterocycles. The van der Waals surface area contributed by atoms with Crippen LogP contribution in [0.25, 0.3) is 0 Å². The van der Waals surface area contributed by atoms with E-state index in [1.54, 1.807) is 13.0 Å². The largest absolute Gasteiger partial charge is 0.466 e. The predicted octanol–water partition coefficient (Wildman–Crippen LogP) is 2.94. The molecule has 0 bridgehead atoms. The van der Waals surface area contributed by atoms with Crippen LogP contribution < -0.4 is 4.89 Å². The Bertz CT molecular complexity index is 424. The number of benzene rings is 1. The van der Waals surface area contributed by atoms with Gasteiger partial charge in [-0.25, -0.2) is 0 Å². The maximum absolute atomic E-state index is 11.5. The van der Waals surface area contributed by atoms with Crippen LogP contribution in [0.5, 0.6) is 5.75 Å². The molecule has 0 radical (unpaired) electrons. The maximum atomic E-state index is 11.5. The van der Waals surface area contributed by atoms with Crippen molar-refractivity contribution >= 4 is 5.97 Å². The lowest BCUT2D eigenvalue weighted by Gasteiger charge is -2.10. The molecule has 4 nitrogen and oxygen atoms in total. The first-order chi connectivity index (χ1) is 8.69. The van der Waals surface area contributed by atoms with Crippen molar-refractivity contribution in [3.8, 4) is 5.75 Å². The molecule has 0 saturated heterocycles. The molecule has 1 rings (SSSR count). The molecule has 1 aromatic carbocycles. The molecule has 18 heavy (non-hydrogen) atoms. The van der Waals surface area contributed by atoms with E-state index in [9.17, 15) is 4.79 Å². The Hall–Kier alpha value is -1.97. The van der Waals surface area contributed by atoms with Crippen LogP contribution in [0, 0.1) is 6.92 Å². The fraction of sp³-hybridized carbons (Fsp3) is 0.357. The Labute approximate surface area is 107 Å². The number of hydrogen-bond donors (Lipinski definition) is 0. The highest BCUT2D eigenvalue weighted by molar-refractivity contribution is 5.73. The lowest BCUT2D eigenvalue weighted by atomic mass is 10.1. The second kappa shape index (κ2) is 7.37. The summed E-state index contributed by atoms with van der Waals surface area (Å²) in [6.45, 7) is 5.86. The molecular weight excluding hydrogens is 232 g/mol. The molecule has 0 saturated carbocycles. The standard InChI is InChI=1S/C14H18O4/c1-4-9-17-18-14-11(3)7-6-8-12(14)10-13(15)16-5-2/h4,6-9H,5,10H2,1-3H3/b9-4-. The van der Waals surface area contributed by atoms with E-state index in [1.165, 1.54) is 6.26 Å². The highest BCUT2D eigenvalue weighted by Crippen LogP contribution is 2.24. The monoisotopic (exact) mass is 250 g/mol. The van der Waals surface area contributed by atoms with Gasteiger partial charge >= 0.3 is 5.97 Å². The molecule has 0 aliphatic heterocycles. The zero-order valence-electron chi connectivity index (χ0n) is 10.9. The average Bonchev–Trinajstić information content (AvgIpc) is 2.33. The Balaban J connectivity index is 2.82. The molecule has 0 spiro atoms. The van der Waals surface area contributed by atoms with Crippen molar-refractivity contribution < 1.29 is 19.3 Å². The summed E-state index contributed by atoms with van der Waals surface area (Å²) in [6.07, 6.45) is 3.31. The fourth-order valence-electron chi connectivity index (χ4n) is 1.47. The van der Waals surface area contributed by atoms with Gasteiger partial charge in [0.1, 0.15) is 6.26 Å². The summed E-state index contributed by atoms with van der Waals surface area (Å²) in [7, 11) is 0. The van der Waals surface area contributed by atoms with Crippen LogP contribution in [0.1, 0.15) is 25.0 Å². The van der Waals surface area contributed by atoms with Gasteiger partial charge in [0.25, 0.3) is 0 Å². The molecule has 1 aromatic rings. The van der Waals surface area contributed by atoms with E-state index in [1.807, 2.05) is 32.0 Å². The molecular formula is C14H18O4. The van der Waals surface area contributed by atoms with Gasteiger partial charge in [-0.3, -0.25) is 14.6 Å². The highest BCUT2D eigenvalue weighted by Gasteiger charge is 2.12. The summed E-state index contributed by atoms with van der Waals surface area (Å²) >= 11 is 0. The van der Waals surface area contributed by atoms with Crippen LogP contribution >= 0.6 is 0 Å². The minimum atomic E-state index is -0.279. The number of esters is 1. The number of aryl methyl sites for hydroxylation is 1. The number of rotatable bonds is 6. The molecule has 0 heterocycles. The van der Waals surface area contributed by atoms with E-state index in [2.05, 4.69) is 0 Å². The summed E-state index contributed by atoms with van der Waals surface area (Å²) in [5, 5.41) is 0. The van der Waals surface area contributed by atoms with Crippen molar-refractivity contribution in [2.24, 2.45) is 0 Å². The Morgan fingerprint density at radius 3 is 2.83 bits per heavy atom. The van der Waals surface area contributed by atoms with Crippen LogP contribution in [0.2, 0.25) is 0 Å². The lowest BCUT2D eigenvalue weighted by molar-refractivity contribution is -0.151. The van der Waals surface area contributed by atoms with E-state index in [0.29, 0.717) is 12.4 Å². The summed E-state index contributed by atoms with van der Waals surface area (Å²) in [5.74, 6) is 0.280. The van der Waals surface area contributed by atoms with Crippen molar-refractivity contribution in [3.63, 3.8) is 0 Å². The quantitative estimate of drug-likeness (QED) is 0.337. The van der Waals surface area contributed by atoms with E-state index in [-0.39, 0.29) is 12.4 Å². The van der Waals surface area contributed by atoms with E-state index >= 15 is 0 Å². The smallest absolute Gasteiger partial charge is 0.310 e. The highest BCUT2D eigenvalue weighted by atomic mass is 17.2. The minimum absolute atomic E-state index is 0.171. The van der Waals surface area contributed by atoms with E-state index in [4.69, 9.17) is 14.5 Å². The maximum Gasteiger partial charge on any atom is 0.310 e.